The number of ketones is 1. The Morgan fingerprint density at radius 2 is 2.10 bits per heavy atom. The van der Waals surface area contributed by atoms with Crippen molar-refractivity contribution in [1.82, 2.24) is 0 Å². The van der Waals surface area contributed by atoms with E-state index in [1.165, 1.54) is 0 Å². The second-order valence-corrected chi connectivity index (χ2v) is 5.20. The van der Waals surface area contributed by atoms with Gasteiger partial charge in [-0.05, 0) is 36.8 Å². The predicted octanol–water partition coefficient (Wildman–Crippen LogP) is 3.21. The molecule has 5 heteroatoms. The summed E-state index contributed by atoms with van der Waals surface area (Å²) in [4.78, 5) is 23.9. The fourth-order valence-corrected chi connectivity index (χ4v) is 2.41. The van der Waals surface area contributed by atoms with Gasteiger partial charge in [-0.25, -0.2) is 0 Å². The molecule has 2 aromatic rings. The second kappa shape index (κ2) is 5.22. The van der Waals surface area contributed by atoms with Gasteiger partial charge in [0.15, 0.2) is 12.4 Å². The Morgan fingerprint density at radius 1 is 1.29 bits per heavy atom. The van der Waals surface area contributed by atoms with Crippen LogP contribution in [0.2, 0.25) is 5.02 Å². The standard InChI is InChI=1S/C16H12ClNO3/c1-9-11(3-2-4-12(9)17)16(20)10-5-6-14-13(7-10)18-15(19)8-21-14/h2-7H,8H2,1H3,(H,18,19). The van der Waals surface area contributed by atoms with Crippen molar-refractivity contribution in [1.29, 1.82) is 0 Å². The maximum atomic E-state index is 12.6. The Bertz CT molecular complexity index is 755. The largest absolute Gasteiger partial charge is 0.482 e. The highest BCUT2D eigenvalue weighted by Gasteiger charge is 2.19. The Morgan fingerprint density at radius 3 is 2.90 bits per heavy atom. The minimum absolute atomic E-state index is 0.00626. The van der Waals surface area contributed by atoms with Crippen LogP contribution in [0.25, 0.3) is 0 Å². The molecule has 0 spiro atoms. The van der Waals surface area contributed by atoms with Gasteiger partial charge in [0.05, 0.1) is 5.69 Å². The van der Waals surface area contributed by atoms with Gasteiger partial charge in [-0.15, -0.1) is 0 Å². The van der Waals surface area contributed by atoms with E-state index < -0.39 is 0 Å². The zero-order valence-electron chi connectivity index (χ0n) is 11.3. The van der Waals surface area contributed by atoms with Crippen molar-refractivity contribution < 1.29 is 14.3 Å². The van der Waals surface area contributed by atoms with Crippen molar-refractivity contribution >= 4 is 29.0 Å². The molecule has 0 saturated heterocycles. The van der Waals surface area contributed by atoms with Crippen molar-refractivity contribution in [3.8, 4) is 5.75 Å². The number of ether oxygens (including phenoxy) is 1. The molecule has 1 heterocycles. The molecule has 0 aliphatic carbocycles. The van der Waals surface area contributed by atoms with E-state index in [-0.39, 0.29) is 18.3 Å². The number of anilines is 1. The number of nitrogens with one attached hydrogen (secondary N) is 1. The van der Waals surface area contributed by atoms with Gasteiger partial charge in [0, 0.05) is 16.1 Å². The lowest BCUT2D eigenvalue weighted by molar-refractivity contribution is -0.118. The Kier molecular flexibility index (Phi) is 3.39. The lowest BCUT2D eigenvalue weighted by Crippen LogP contribution is -2.25. The van der Waals surface area contributed by atoms with E-state index in [1.54, 1.807) is 43.3 Å². The highest BCUT2D eigenvalue weighted by atomic mass is 35.5. The average molecular weight is 302 g/mol. The molecule has 1 N–H and O–H groups in total. The molecule has 1 amide bonds. The molecule has 2 aromatic carbocycles. The molecule has 1 aliphatic rings. The minimum Gasteiger partial charge on any atom is -0.482 e. The van der Waals surface area contributed by atoms with Crippen molar-refractivity contribution in [3.05, 3.63) is 58.1 Å². The summed E-state index contributed by atoms with van der Waals surface area (Å²) in [5.41, 5.74) is 2.27. The van der Waals surface area contributed by atoms with Gasteiger partial charge in [-0.3, -0.25) is 9.59 Å². The van der Waals surface area contributed by atoms with Gasteiger partial charge in [-0.1, -0.05) is 23.7 Å². The summed E-state index contributed by atoms with van der Waals surface area (Å²) in [6.45, 7) is 1.80. The maximum absolute atomic E-state index is 12.6. The summed E-state index contributed by atoms with van der Waals surface area (Å²) in [6, 6.07) is 10.2. The highest BCUT2D eigenvalue weighted by molar-refractivity contribution is 6.32. The first-order valence-electron chi connectivity index (χ1n) is 6.43. The van der Waals surface area contributed by atoms with E-state index in [1.807, 2.05) is 0 Å². The van der Waals surface area contributed by atoms with Crippen LogP contribution in [-0.4, -0.2) is 18.3 Å². The molecule has 106 valence electrons. The summed E-state index contributed by atoms with van der Waals surface area (Å²) < 4.78 is 5.27. The zero-order valence-corrected chi connectivity index (χ0v) is 12.0. The van der Waals surface area contributed by atoms with E-state index >= 15 is 0 Å². The van der Waals surface area contributed by atoms with Crippen molar-refractivity contribution in [2.24, 2.45) is 0 Å². The predicted molar refractivity (Wildman–Crippen MR) is 80.2 cm³/mol. The van der Waals surface area contributed by atoms with E-state index in [2.05, 4.69) is 5.32 Å². The lowest BCUT2D eigenvalue weighted by Gasteiger charge is -2.18. The van der Waals surface area contributed by atoms with Crippen LogP contribution in [0.1, 0.15) is 21.5 Å². The number of fused-ring (bicyclic) bond motifs is 1. The molecule has 0 saturated carbocycles. The van der Waals surface area contributed by atoms with Crippen molar-refractivity contribution in [3.63, 3.8) is 0 Å². The van der Waals surface area contributed by atoms with Crippen LogP contribution >= 0.6 is 11.6 Å². The average Bonchev–Trinajstić information content (AvgIpc) is 2.48. The number of hydrogen-bond acceptors (Lipinski definition) is 3. The molecule has 21 heavy (non-hydrogen) atoms. The number of hydrogen-bond donors (Lipinski definition) is 1. The zero-order chi connectivity index (χ0) is 15.0. The molecule has 0 fully saturated rings. The lowest BCUT2D eigenvalue weighted by atomic mass is 9.98. The molecule has 0 aromatic heterocycles. The third kappa shape index (κ3) is 2.50. The molecular weight excluding hydrogens is 290 g/mol. The normalized spacial score (nSPS) is 13.1. The van der Waals surface area contributed by atoms with E-state index in [0.717, 1.165) is 5.56 Å². The van der Waals surface area contributed by atoms with Gasteiger partial charge < -0.3 is 10.1 Å². The first-order chi connectivity index (χ1) is 10.1. The monoisotopic (exact) mass is 301 g/mol. The first kappa shape index (κ1) is 13.6. The van der Waals surface area contributed by atoms with Gasteiger partial charge in [0.1, 0.15) is 5.75 Å². The third-order valence-corrected chi connectivity index (χ3v) is 3.80. The van der Waals surface area contributed by atoms with Crippen molar-refractivity contribution in [2.45, 2.75) is 6.92 Å². The van der Waals surface area contributed by atoms with Crippen LogP contribution in [0, 0.1) is 6.92 Å². The summed E-state index contributed by atoms with van der Waals surface area (Å²) in [6.07, 6.45) is 0. The number of amides is 1. The van der Waals surface area contributed by atoms with Crippen LogP contribution in [0.4, 0.5) is 5.69 Å². The van der Waals surface area contributed by atoms with E-state index in [4.69, 9.17) is 16.3 Å². The Hall–Kier alpha value is -2.33. The summed E-state index contributed by atoms with van der Waals surface area (Å²) in [5, 5.41) is 3.24. The Labute approximate surface area is 126 Å². The first-order valence-corrected chi connectivity index (χ1v) is 6.80. The van der Waals surface area contributed by atoms with Gasteiger partial charge in [0.2, 0.25) is 0 Å². The van der Waals surface area contributed by atoms with E-state index in [0.29, 0.717) is 27.6 Å². The number of carbonyl (C=O) groups excluding carboxylic acids is 2. The van der Waals surface area contributed by atoms with Gasteiger partial charge >= 0.3 is 0 Å². The molecule has 0 bridgehead atoms. The summed E-state index contributed by atoms with van der Waals surface area (Å²) in [5.74, 6) is 0.192. The van der Waals surface area contributed by atoms with Gasteiger partial charge in [0.25, 0.3) is 5.91 Å². The van der Waals surface area contributed by atoms with Crippen LogP contribution in [0.15, 0.2) is 36.4 Å². The summed E-state index contributed by atoms with van der Waals surface area (Å²) >= 11 is 6.05. The SMILES string of the molecule is Cc1c(Cl)cccc1C(=O)c1ccc2c(c1)NC(=O)CO2. The van der Waals surface area contributed by atoms with Crippen LogP contribution in [0.5, 0.6) is 5.75 Å². The number of carbonyl (C=O) groups is 2. The number of benzene rings is 2. The molecule has 1 aliphatic heterocycles. The maximum Gasteiger partial charge on any atom is 0.262 e. The molecular formula is C16H12ClNO3. The quantitative estimate of drug-likeness (QED) is 0.867. The van der Waals surface area contributed by atoms with E-state index in [9.17, 15) is 9.59 Å². The molecule has 0 radical (unpaired) electrons. The number of halogens is 1. The fourth-order valence-electron chi connectivity index (χ4n) is 2.23. The third-order valence-electron chi connectivity index (χ3n) is 3.39. The van der Waals surface area contributed by atoms with Gasteiger partial charge in [-0.2, -0.15) is 0 Å². The molecule has 4 nitrogen and oxygen atoms in total. The molecule has 3 rings (SSSR count). The van der Waals surface area contributed by atoms with Crippen molar-refractivity contribution in [2.75, 3.05) is 11.9 Å². The minimum atomic E-state index is -0.231. The van der Waals surface area contributed by atoms with Crippen LogP contribution < -0.4 is 10.1 Å². The topological polar surface area (TPSA) is 55.4 Å². The molecule has 0 unspecified atom stereocenters. The Balaban J connectivity index is 2.01. The second-order valence-electron chi connectivity index (χ2n) is 4.79. The smallest absolute Gasteiger partial charge is 0.262 e. The summed E-state index contributed by atoms with van der Waals surface area (Å²) in [7, 11) is 0. The fraction of sp³-hybridized carbons (Fsp3) is 0.125. The van der Waals surface area contributed by atoms with Crippen LogP contribution in [0.3, 0.4) is 0 Å². The number of rotatable bonds is 2. The highest BCUT2D eigenvalue weighted by Crippen LogP contribution is 2.30. The van der Waals surface area contributed by atoms with Crippen LogP contribution in [-0.2, 0) is 4.79 Å². The molecule has 0 atom stereocenters.